The summed E-state index contributed by atoms with van der Waals surface area (Å²) in [5, 5.41) is 3.51. The van der Waals surface area contributed by atoms with Gasteiger partial charge in [0.25, 0.3) is 0 Å². The van der Waals surface area contributed by atoms with Crippen LogP contribution in [-0.4, -0.2) is 19.3 Å². The maximum atomic E-state index is 5.51. The molecule has 1 aromatic carbocycles. The van der Waals surface area contributed by atoms with Crippen molar-refractivity contribution >= 4 is 0 Å². The van der Waals surface area contributed by atoms with Crippen LogP contribution >= 0.6 is 0 Å². The molecule has 96 valence electrons. The van der Waals surface area contributed by atoms with E-state index < -0.39 is 0 Å². The van der Waals surface area contributed by atoms with Gasteiger partial charge in [0, 0.05) is 12.6 Å². The first-order valence-corrected chi connectivity index (χ1v) is 6.51. The molecule has 0 amide bonds. The Hall–Kier alpha value is -0.860. The fraction of sp³-hybridized carbons (Fsp3) is 0.600. The van der Waals surface area contributed by atoms with Crippen LogP contribution in [0.25, 0.3) is 0 Å². The highest BCUT2D eigenvalue weighted by molar-refractivity contribution is 5.23. The minimum atomic E-state index is 0.338. The van der Waals surface area contributed by atoms with Crippen LogP contribution in [0.4, 0.5) is 0 Å². The summed E-state index contributed by atoms with van der Waals surface area (Å²) in [4.78, 5) is 0. The third kappa shape index (κ3) is 5.85. The number of benzene rings is 1. The minimum absolute atomic E-state index is 0.338. The van der Waals surface area contributed by atoms with Crippen LogP contribution in [0.5, 0.6) is 0 Å². The number of rotatable bonds is 7. The molecule has 0 saturated carbocycles. The van der Waals surface area contributed by atoms with E-state index >= 15 is 0 Å². The average molecular weight is 235 g/mol. The lowest BCUT2D eigenvalue weighted by atomic mass is 10.1. The Balaban J connectivity index is 2.21. The van der Waals surface area contributed by atoms with Gasteiger partial charge in [-0.25, -0.2) is 0 Å². The molecule has 2 heteroatoms. The van der Waals surface area contributed by atoms with Crippen molar-refractivity contribution in [2.75, 3.05) is 13.2 Å². The quantitative estimate of drug-likeness (QED) is 0.731. The molecule has 2 nitrogen and oxygen atoms in total. The van der Waals surface area contributed by atoms with Crippen LogP contribution in [-0.2, 0) is 4.74 Å². The van der Waals surface area contributed by atoms with Gasteiger partial charge in [0.2, 0.25) is 0 Å². The van der Waals surface area contributed by atoms with E-state index in [1.54, 1.807) is 0 Å². The zero-order valence-electron chi connectivity index (χ0n) is 11.5. The Morgan fingerprint density at radius 1 is 1.12 bits per heavy atom. The van der Waals surface area contributed by atoms with Gasteiger partial charge in [-0.1, -0.05) is 29.8 Å². The van der Waals surface area contributed by atoms with Gasteiger partial charge < -0.3 is 10.1 Å². The van der Waals surface area contributed by atoms with Gasteiger partial charge in [-0.05, 0) is 46.2 Å². The molecule has 1 unspecified atom stereocenters. The molecular formula is C15H25NO. The first kappa shape index (κ1) is 14.2. The van der Waals surface area contributed by atoms with E-state index in [2.05, 4.69) is 57.3 Å². The summed E-state index contributed by atoms with van der Waals surface area (Å²) >= 11 is 0. The number of nitrogens with one attached hydrogen (secondary N) is 1. The first-order valence-electron chi connectivity index (χ1n) is 6.51. The Morgan fingerprint density at radius 2 is 1.76 bits per heavy atom. The van der Waals surface area contributed by atoms with Gasteiger partial charge in [0.05, 0.1) is 6.10 Å². The summed E-state index contributed by atoms with van der Waals surface area (Å²) in [6, 6.07) is 9.12. The van der Waals surface area contributed by atoms with Crippen molar-refractivity contribution < 1.29 is 4.74 Å². The molecule has 0 radical (unpaired) electrons. The predicted molar refractivity (Wildman–Crippen MR) is 73.3 cm³/mol. The molecule has 0 aliphatic carbocycles. The second-order valence-corrected chi connectivity index (χ2v) is 4.86. The van der Waals surface area contributed by atoms with Gasteiger partial charge in [-0.15, -0.1) is 0 Å². The topological polar surface area (TPSA) is 21.3 Å². The molecular weight excluding hydrogens is 210 g/mol. The number of ether oxygens (including phenoxy) is 1. The zero-order chi connectivity index (χ0) is 12.7. The van der Waals surface area contributed by atoms with E-state index in [1.807, 2.05) is 0 Å². The molecule has 1 atom stereocenters. The Labute approximate surface area is 105 Å². The van der Waals surface area contributed by atoms with Crippen molar-refractivity contribution in [3.05, 3.63) is 35.4 Å². The van der Waals surface area contributed by atoms with Crippen LogP contribution in [0.3, 0.4) is 0 Å². The van der Waals surface area contributed by atoms with Crippen LogP contribution in [0.1, 0.15) is 44.4 Å². The van der Waals surface area contributed by atoms with Gasteiger partial charge in [0.1, 0.15) is 0 Å². The zero-order valence-corrected chi connectivity index (χ0v) is 11.5. The number of hydrogen-bond donors (Lipinski definition) is 1. The third-order valence-corrected chi connectivity index (χ3v) is 2.80. The minimum Gasteiger partial charge on any atom is -0.379 e. The summed E-state index contributed by atoms with van der Waals surface area (Å²) in [5.41, 5.74) is 2.66. The summed E-state index contributed by atoms with van der Waals surface area (Å²) in [7, 11) is 0. The van der Waals surface area contributed by atoms with Crippen molar-refractivity contribution in [3.63, 3.8) is 0 Å². The van der Waals surface area contributed by atoms with Crippen molar-refractivity contribution in [2.45, 2.75) is 46.3 Å². The fourth-order valence-corrected chi connectivity index (χ4v) is 1.68. The summed E-state index contributed by atoms with van der Waals surface area (Å²) < 4.78 is 5.51. The normalized spacial score (nSPS) is 13.0. The molecule has 17 heavy (non-hydrogen) atoms. The second kappa shape index (κ2) is 7.46. The van der Waals surface area contributed by atoms with Crippen molar-refractivity contribution in [3.8, 4) is 0 Å². The predicted octanol–water partition coefficient (Wildman–Crippen LogP) is 3.46. The molecule has 1 aromatic rings. The van der Waals surface area contributed by atoms with Crippen molar-refractivity contribution in [2.24, 2.45) is 0 Å². The van der Waals surface area contributed by atoms with Crippen molar-refractivity contribution in [1.82, 2.24) is 5.32 Å². The van der Waals surface area contributed by atoms with Gasteiger partial charge in [-0.3, -0.25) is 0 Å². The summed E-state index contributed by atoms with van der Waals surface area (Å²) in [6.07, 6.45) is 1.40. The van der Waals surface area contributed by atoms with Gasteiger partial charge in [0.15, 0.2) is 0 Å². The van der Waals surface area contributed by atoms with Crippen LogP contribution in [0, 0.1) is 6.92 Å². The lowest BCUT2D eigenvalue weighted by Gasteiger charge is -2.15. The fourth-order valence-electron chi connectivity index (χ4n) is 1.68. The molecule has 0 saturated heterocycles. The maximum absolute atomic E-state index is 5.51. The Bertz CT molecular complexity index is 305. The number of hydrogen-bond acceptors (Lipinski definition) is 2. The van der Waals surface area contributed by atoms with Crippen molar-refractivity contribution in [1.29, 1.82) is 0 Å². The summed E-state index contributed by atoms with van der Waals surface area (Å²) in [5.74, 6) is 0. The van der Waals surface area contributed by atoms with E-state index in [0.29, 0.717) is 12.1 Å². The smallest absolute Gasteiger partial charge is 0.0518 e. The van der Waals surface area contributed by atoms with Gasteiger partial charge in [-0.2, -0.15) is 0 Å². The highest BCUT2D eigenvalue weighted by Gasteiger charge is 2.03. The second-order valence-electron chi connectivity index (χ2n) is 4.86. The van der Waals surface area contributed by atoms with E-state index in [1.165, 1.54) is 11.1 Å². The van der Waals surface area contributed by atoms with Crippen LogP contribution < -0.4 is 5.32 Å². The van der Waals surface area contributed by atoms with E-state index in [0.717, 1.165) is 19.6 Å². The maximum Gasteiger partial charge on any atom is 0.0518 e. The van der Waals surface area contributed by atoms with E-state index in [9.17, 15) is 0 Å². The van der Waals surface area contributed by atoms with Gasteiger partial charge >= 0.3 is 0 Å². The molecule has 0 fully saturated rings. The highest BCUT2D eigenvalue weighted by atomic mass is 16.5. The van der Waals surface area contributed by atoms with E-state index in [-0.39, 0.29) is 0 Å². The molecule has 1 N–H and O–H groups in total. The molecule has 0 heterocycles. The molecule has 0 aliphatic heterocycles. The van der Waals surface area contributed by atoms with Crippen LogP contribution in [0.2, 0.25) is 0 Å². The molecule has 0 aliphatic rings. The van der Waals surface area contributed by atoms with Crippen LogP contribution in [0.15, 0.2) is 24.3 Å². The Morgan fingerprint density at radius 3 is 2.35 bits per heavy atom. The average Bonchev–Trinajstić information content (AvgIpc) is 2.29. The first-order chi connectivity index (χ1) is 8.09. The SMILES string of the molecule is Cc1ccc(C(C)NCCCOC(C)C)cc1. The lowest BCUT2D eigenvalue weighted by Crippen LogP contribution is -2.21. The largest absolute Gasteiger partial charge is 0.379 e. The standard InChI is InChI=1S/C15H25NO/c1-12(2)17-11-5-10-16-14(4)15-8-6-13(3)7-9-15/h6-9,12,14,16H,5,10-11H2,1-4H3. The molecule has 0 aromatic heterocycles. The summed E-state index contributed by atoms with van der Waals surface area (Å²) in [6.45, 7) is 10.3. The van der Waals surface area contributed by atoms with E-state index in [4.69, 9.17) is 4.74 Å². The highest BCUT2D eigenvalue weighted by Crippen LogP contribution is 2.12. The third-order valence-electron chi connectivity index (χ3n) is 2.80. The lowest BCUT2D eigenvalue weighted by molar-refractivity contribution is 0.0768. The molecule has 1 rings (SSSR count). The molecule has 0 spiro atoms. The Kier molecular flexibility index (Phi) is 6.23. The molecule has 0 bridgehead atoms. The number of aryl methyl sites for hydroxylation is 1. The monoisotopic (exact) mass is 235 g/mol.